The van der Waals surface area contributed by atoms with Crippen molar-refractivity contribution in [1.29, 1.82) is 0 Å². The van der Waals surface area contributed by atoms with Gasteiger partial charge in [-0.2, -0.15) is 0 Å². The number of alkyl halides is 3. The van der Waals surface area contributed by atoms with Crippen LogP contribution in [0, 0.1) is 5.92 Å². The monoisotopic (exact) mass is 487 g/mol. The molecular weight excluding hydrogens is 465 g/mol. The van der Waals surface area contributed by atoms with Gasteiger partial charge in [0.1, 0.15) is 12.2 Å². The van der Waals surface area contributed by atoms with Crippen LogP contribution in [-0.4, -0.2) is 43.3 Å². The third-order valence-corrected chi connectivity index (χ3v) is 6.05. The van der Waals surface area contributed by atoms with Crippen LogP contribution in [0.25, 0.3) is 0 Å². The van der Waals surface area contributed by atoms with Gasteiger partial charge in [-0.3, -0.25) is 0 Å². The number of esters is 1. The molecule has 1 aliphatic rings. The minimum atomic E-state index is -4.99. The molecule has 2 aromatic rings. The van der Waals surface area contributed by atoms with Crippen LogP contribution in [0.5, 0.6) is 11.5 Å². The van der Waals surface area contributed by atoms with Gasteiger partial charge in [-0.25, -0.2) is 13.2 Å². The van der Waals surface area contributed by atoms with E-state index in [4.69, 9.17) is 9.47 Å². The summed E-state index contributed by atoms with van der Waals surface area (Å²) in [4.78, 5) is 12.2. The van der Waals surface area contributed by atoms with Gasteiger partial charge >= 0.3 is 12.3 Å². The normalized spacial score (nSPS) is 14.6. The van der Waals surface area contributed by atoms with Crippen molar-refractivity contribution in [2.24, 2.45) is 5.92 Å². The molecule has 1 aliphatic carbocycles. The molecule has 0 fully saturated rings. The lowest BCUT2D eigenvalue weighted by Gasteiger charge is -2.33. The summed E-state index contributed by atoms with van der Waals surface area (Å²) in [7, 11) is -4.59. The lowest BCUT2D eigenvalue weighted by molar-refractivity contribution is -0.275. The third-order valence-electron chi connectivity index (χ3n) is 5.38. The van der Waals surface area contributed by atoms with Crippen LogP contribution >= 0.6 is 0 Å². The van der Waals surface area contributed by atoms with Gasteiger partial charge in [0.2, 0.25) is 0 Å². The average molecular weight is 487 g/mol. The average Bonchev–Trinajstić information content (AvgIpc) is 3.12. The van der Waals surface area contributed by atoms with E-state index in [0.29, 0.717) is 12.8 Å². The van der Waals surface area contributed by atoms with E-state index in [1.165, 1.54) is 0 Å². The Labute approximate surface area is 189 Å². The highest BCUT2D eigenvalue weighted by molar-refractivity contribution is 7.85. The fourth-order valence-corrected chi connectivity index (χ4v) is 3.95. The molecule has 0 spiro atoms. The van der Waals surface area contributed by atoms with Crippen LogP contribution in [-0.2, 0) is 27.7 Å². The zero-order chi connectivity index (χ0) is 24.4. The summed E-state index contributed by atoms with van der Waals surface area (Å²) < 4.78 is 85.5. The Morgan fingerprint density at radius 2 is 1.64 bits per heavy atom. The number of hydrogen-bond acceptors (Lipinski definition) is 7. The summed E-state index contributed by atoms with van der Waals surface area (Å²) in [5, 5.41) is 0. The summed E-state index contributed by atoms with van der Waals surface area (Å²) in [5.41, 5.74) is 1.16. The number of carbonyl (C=O) groups excluding carboxylic acids is 1. The van der Waals surface area contributed by atoms with Crippen molar-refractivity contribution >= 4 is 16.1 Å². The van der Waals surface area contributed by atoms with E-state index in [1.807, 2.05) is 24.3 Å². The molecule has 33 heavy (non-hydrogen) atoms. The topological polar surface area (TPSA) is 102 Å². The summed E-state index contributed by atoms with van der Waals surface area (Å²) in [5.74, 6) is -2.95. The SMILES string of the molecule is CC(C)(Oc1cc(C(=O)OCCS(=O)(=O)[O-])ccc1OC(F)(F)F)C1Cc2ccccc2C1. The standard InChI is InChI=1S/C22H23F3O7S/c1-21(2,17-11-14-5-3-4-6-15(14)12-17)31-19-13-16(7-8-18(19)32-22(23,24)25)20(26)30-9-10-33(27,28)29/h3-8,13,17H,9-12H2,1-2H3,(H,27,28,29)/p-1. The Hall–Kier alpha value is -2.79. The second-order valence-electron chi connectivity index (χ2n) is 8.19. The molecule has 0 aromatic heterocycles. The molecule has 11 heteroatoms. The first-order chi connectivity index (χ1) is 15.2. The number of carbonyl (C=O) groups is 1. The number of ether oxygens (including phenoxy) is 3. The van der Waals surface area contributed by atoms with Crippen molar-refractivity contribution in [2.45, 2.75) is 38.7 Å². The van der Waals surface area contributed by atoms with Crippen LogP contribution in [0.3, 0.4) is 0 Å². The maximum Gasteiger partial charge on any atom is 0.573 e. The number of rotatable bonds is 8. The molecule has 0 aliphatic heterocycles. The van der Waals surface area contributed by atoms with Crippen LogP contribution in [0.2, 0.25) is 0 Å². The lowest BCUT2D eigenvalue weighted by Crippen LogP contribution is -2.38. The molecule has 3 rings (SSSR count). The number of halogens is 3. The molecule has 7 nitrogen and oxygen atoms in total. The molecule has 0 saturated heterocycles. The molecule has 0 saturated carbocycles. The van der Waals surface area contributed by atoms with Crippen molar-refractivity contribution in [3.05, 3.63) is 59.2 Å². The summed E-state index contributed by atoms with van der Waals surface area (Å²) >= 11 is 0. The van der Waals surface area contributed by atoms with Gasteiger partial charge in [0.25, 0.3) is 0 Å². The predicted molar refractivity (Wildman–Crippen MR) is 110 cm³/mol. The van der Waals surface area contributed by atoms with E-state index in [2.05, 4.69) is 4.74 Å². The zero-order valence-corrected chi connectivity index (χ0v) is 18.7. The summed E-state index contributed by atoms with van der Waals surface area (Å²) in [6.45, 7) is 2.80. The molecule has 0 atom stereocenters. The highest BCUT2D eigenvalue weighted by Crippen LogP contribution is 2.40. The third kappa shape index (κ3) is 6.84. The Bertz CT molecular complexity index is 1100. The predicted octanol–water partition coefficient (Wildman–Crippen LogP) is 3.86. The Balaban J connectivity index is 1.83. The minimum Gasteiger partial charge on any atom is -0.748 e. The fourth-order valence-electron chi connectivity index (χ4n) is 3.66. The van der Waals surface area contributed by atoms with Gasteiger partial charge in [0, 0.05) is 5.92 Å². The number of fused-ring (bicyclic) bond motifs is 1. The van der Waals surface area contributed by atoms with E-state index in [-0.39, 0.29) is 17.2 Å². The van der Waals surface area contributed by atoms with Gasteiger partial charge in [0.15, 0.2) is 11.5 Å². The van der Waals surface area contributed by atoms with E-state index >= 15 is 0 Å². The number of hydrogen-bond donors (Lipinski definition) is 0. The van der Waals surface area contributed by atoms with Crippen molar-refractivity contribution in [2.75, 3.05) is 12.4 Å². The molecule has 0 radical (unpaired) electrons. The van der Waals surface area contributed by atoms with Crippen molar-refractivity contribution < 1.29 is 45.1 Å². The summed E-state index contributed by atoms with van der Waals surface area (Å²) in [6.07, 6.45) is -3.65. The van der Waals surface area contributed by atoms with E-state index in [0.717, 1.165) is 29.3 Å². The number of benzene rings is 2. The lowest BCUT2D eigenvalue weighted by atomic mass is 9.88. The second-order valence-corrected chi connectivity index (χ2v) is 9.71. The van der Waals surface area contributed by atoms with Gasteiger partial charge in [-0.05, 0) is 56.0 Å². The maximum absolute atomic E-state index is 12.9. The smallest absolute Gasteiger partial charge is 0.573 e. The van der Waals surface area contributed by atoms with Crippen molar-refractivity contribution in [1.82, 2.24) is 0 Å². The second kappa shape index (κ2) is 9.22. The molecular formula is C22H22F3O7S-. The quantitative estimate of drug-likeness (QED) is 0.412. The molecule has 0 bridgehead atoms. The van der Waals surface area contributed by atoms with Gasteiger partial charge in [-0.15, -0.1) is 13.2 Å². The van der Waals surface area contributed by atoms with Crippen LogP contribution in [0.15, 0.2) is 42.5 Å². The van der Waals surface area contributed by atoms with Gasteiger partial charge in [0.05, 0.1) is 21.4 Å². The highest BCUT2D eigenvalue weighted by atomic mass is 32.2. The fraction of sp³-hybridized carbons (Fsp3) is 0.409. The van der Waals surface area contributed by atoms with Crippen LogP contribution in [0.4, 0.5) is 13.2 Å². The minimum absolute atomic E-state index is 0.0495. The molecule has 2 aromatic carbocycles. The zero-order valence-electron chi connectivity index (χ0n) is 17.8. The molecule has 0 heterocycles. The maximum atomic E-state index is 12.9. The Morgan fingerprint density at radius 1 is 1.03 bits per heavy atom. The Morgan fingerprint density at radius 3 is 2.18 bits per heavy atom. The van der Waals surface area contributed by atoms with Gasteiger partial charge < -0.3 is 18.8 Å². The van der Waals surface area contributed by atoms with Crippen LogP contribution in [0.1, 0.15) is 35.3 Å². The highest BCUT2D eigenvalue weighted by Gasteiger charge is 2.38. The molecule has 0 unspecified atom stereocenters. The largest absolute Gasteiger partial charge is 0.748 e. The molecule has 180 valence electrons. The van der Waals surface area contributed by atoms with Crippen molar-refractivity contribution in [3.8, 4) is 11.5 Å². The first-order valence-corrected chi connectivity index (χ1v) is 11.6. The van der Waals surface area contributed by atoms with Gasteiger partial charge in [-0.1, -0.05) is 24.3 Å². The molecule has 0 amide bonds. The molecule has 0 N–H and O–H groups in total. The first kappa shape index (κ1) is 24.8. The first-order valence-electron chi connectivity index (χ1n) is 10.00. The Kier molecular flexibility index (Phi) is 6.94. The van der Waals surface area contributed by atoms with Crippen LogP contribution < -0.4 is 9.47 Å². The van der Waals surface area contributed by atoms with E-state index in [1.54, 1.807) is 13.8 Å². The van der Waals surface area contributed by atoms with E-state index < -0.39 is 46.2 Å². The van der Waals surface area contributed by atoms with E-state index in [9.17, 15) is 30.9 Å². The summed E-state index contributed by atoms with van der Waals surface area (Å²) in [6, 6.07) is 10.8. The van der Waals surface area contributed by atoms with Crippen molar-refractivity contribution in [3.63, 3.8) is 0 Å².